The van der Waals surface area contributed by atoms with Gasteiger partial charge in [-0.15, -0.1) is 0 Å². The van der Waals surface area contributed by atoms with Crippen LogP contribution in [-0.4, -0.2) is 69.7 Å². The minimum atomic E-state index is 0.199. The number of allylic oxidation sites excluding steroid dienone is 3. The summed E-state index contributed by atoms with van der Waals surface area (Å²) in [5.41, 5.74) is 1.42. The molecule has 0 aromatic carbocycles. The Kier molecular flexibility index (Phi) is 8.16. The summed E-state index contributed by atoms with van der Waals surface area (Å²) in [6, 6.07) is 0. The van der Waals surface area contributed by atoms with Crippen molar-refractivity contribution in [3.8, 4) is 0 Å². The van der Waals surface area contributed by atoms with Crippen molar-refractivity contribution in [2.24, 2.45) is 16.8 Å². The van der Waals surface area contributed by atoms with E-state index in [2.05, 4.69) is 55.2 Å². The predicted octanol–water partition coefficient (Wildman–Crippen LogP) is 3.11. The monoisotopic (exact) mass is 362 g/mol. The van der Waals surface area contributed by atoms with Gasteiger partial charge in [-0.2, -0.15) is 0 Å². The van der Waals surface area contributed by atoms with Crippen LogP contribution in [0.25, 0.3) is 0 Å². The van der Waals surface area contributed by atoms with E-state index >= 15 is 0 Å². The van der Waals surface area contributed by atoms with E-state index in [1.165, 1.54) is 24.3 Å². The Morgan fingerprint density at radius 1 is 1.38 bits per heavy atom. The van der Waals surface area contributed by atoms with Gasteiger partial charge in [-0.3, -0.25) is 10.3 Å². The molecule has 2 unspecified atom stereocenters. The van der Waals surface area contributed by atoms with Crippen LogP contribution in [0, 0.1) is 11.8 Å². The van der Waals surface area contributed by atoms with Crippen molar-refractivity contribution in [2.45, 2.75) is 45.7 Å². The van der Waals surface area contributed by atoms with Crippen molar-refractivity contribution in [1.82, 2.24) is 15.1 Å². The molecule has 1 saturated heterocycles. The normalized spacial score (nSPS) is 24.1. The highest BCUT2D eigenvalue weighted by molar-refractivity contribution is 5.85. The fraction of sp³-hybridized carbons (Fsp3) is 0.762. The van der Waals surface area contributed by atoms with Crippen LogP contribution in [0.2, 0.25) is 0 Å². The van der Waals surface area contributed by atoms with Gasteiger partial charge in [0, 0.05) is 25.9 Å². The summed E-state index contributed by atoms with van der Waals surface area (Å²) < 4.78 is 5.50. The lowest BCUT2D eigenvalue weighted by Crippen LogP contribution is -2.51. The van der Waals surface area contributed by atoms with Crippen LogP contribution in [0.15, 0.2) is 28.5 Å². The van der Waals surface area contributed by atoms with Gasteiger partial charge >= 0.3 is 0 Å². The molecule has 1 heterocycles. The summed E-state index contributed by atoms with van der Waals surface area (Å²) in [7, 11) is 8.13. The van der Waals surface area contributed by atoms with Crippen LogP contribution in [0.4, 0.5) is 0 Å². The number of hydrogen-bond acceptors (Lipinski definition) is 4. The maximum Gasteiger partial charge on any atom is 0.103 e. The first-order chi connectivity index (χ1) is 12.5. The summed E-state index contributed by atoms with van der Waals surface area (Å²) in [5.74, 6) is 3.29. The number of hydrogen-bond donors (Lipinski definition) is 1. The molecule has 0 aromatic heterocycles. The first kappa shape index (κ1) is 21.0. The Morgan fingerprint density at radius 3 is 2.62 bits per heavy atom. The Balaban J connectivity index is 2.19. The summed E-state index contributed by atoms with van der Waals surface area (Å²) in [5, 5.41) is 3.75. The minimum absolute atomic E-state index is 0.199. The van der Waals surface area contributed by atoms with Crippen LogP contribution in [0.3, 0.4) is 0 Å². The average Bonchev–Trinajstić information content (AvgIpc) is 2.64. The lowest BCUT2D eigenvalue weighted by atomic mass is 9.90. The number of amidine groups is 1. The summed E-state index contributed by atoms with van der Waals surface area (Å²) >= 11 is 0. The van der Waals surface area contributed by atoms with Crippen molar-refractivity contribution < 1.29 is 4.74 Å². The van der Waals surface area contributed by atoms with Gasteiger partial charge in [-0.05, 0) is 64.0 Å². The lowest BCUT2D eigenvalue weighted by molar-refractivity contribution is 0.227. The molecule has 1 N–H and O–H groups in total. The Hall–Kier alpha value is -1.33. The van der Waals surface area contributed by atoms with Gasteiger partial charge in [0.1, 0.15) is 12.0 Å². The molecule has 0 bridgehead atoms. The minimum Gasteiger partial charge on any atom is -0.501 e. The number of likely N-dealkylation sites (tertiary alicyclic amines) is 1. The standard InChI is InChI=1S/C21H38N4O/c1-7-12-23-21(18-8-9-19(26-6)16(2)15-18)25(5)20(22-3)17-10-13-24(4)14-11-17/h8-9,16-17,21,23H,7,10-15H2,1-6H3/b22-20-. The van der Waals surface area contributed by atoms with Gasteiger partial charge in [-0.1, -0.05) is 19.9 Å². The first-order valence-corrected chi connectivity index (χ1v) is 10.1. The van der Waals surface area contributed by atoms with Crippen LogP contribution in [-0.2, 0) is 4.74 Å². The third-order valence-corrected chi connectivity index (χ3v) is 5.73. The topological polar surface area (TPSA) is 40.1 Å². The molecule has 1 aliphatic heterocycles. The number of piperidine rings is 1. The van der Waals surface area contributed by atoms with Gasteiger partial charge < -0.3 is 14.5 Å². The third-order valence-electron chi connectivity index (χ3n) is 5.73. The van der Waals surface area contributed by atoms with Crippen molar-refractivity contribution in [3.05, 3.63) is 23.5 Å². The van der Waals surface area contributed by atoms with Crippen LogP contribution in [0.1, 0.15) is 39.5 Å². The molecule has 148 valence electrons. The van der Waals surface area contributed by atoms with E-state index < -0.39 is 0 Å². The molecule has 2 aliphatic rings. The number of likely N-dealkylation sites (N-methyl/N-ethyl adjacent to an activating group) is 1. The highest BCUT2D eigenvalue weighted by Gasteiger charge is 2.30. The molecule has 0 aromatic rings. The molecule has 0 amide bonds. The summed E-state index contributed by atoms with van der Waals surface area (Å²) in [4.78, 5) is 9.53. The Labute approximate surface area is 160 Å². The summed E-state index contributed by atoms with van der Waals surface area (Å²) in [6.07, 6.45) is 9.11. The average molecular weight is 363 g/mol. The SMILES string of the molecule is CCCNC(C1=CC=C(OC)C(C)C1)N(C)/C(=N\C)C1CCN(C)CC1. The van der Waals surface area contributed by atoms with E-state index in [1.807, 2.05) is 7.05 Å². The van der Waals surface area contributed by atoms with Crippen molar-refractivity contribution in [1.29, 1.82) is 0 Å². The maximum atomic E-state index is 5.50. The largest absolute Gasteiger partial charge is 0.501 e. The van der Waals surface area contributed by atoms with Crippen molar-refractivity contribution in [2.75, 3.05) is 47.9 Å². The molecule has 0 spiro atoms. The molecule has 2 rings (SSSR count). The third kappa shape index (κ3) is 5.10. The molecular weight excluding hydrogens is 324 g/mol. The predicted molar refractivity (Wildman–Crippen MR) is 110 cm³/mol. The highest BCUT2D eigenvalue weighted by Crippen LogP contribution is 2.29. The number of nitrogens with zero attached hydrogens (tertiary/aromatic N) is 3. The van der Waals surface area contributed by atoms with Crippen LogP contribution in [0.5, 0.6) is 0 Å². The number of aliphatic imine (C=N–C) groups is 1. The Bertz CT molecular complexity index is 532. The number of methoxy groups -OCH3 is 1. The molecule has 5 nitrogen and oxygen atoms in total. The zero-order valence-electron chi connectivity index (χ0n) is 17.6. The second-order valence-electron chi connectivity index (χ2n) is 7.75. The fourth-order valence-electron chi connectivity index (χ4n) is 4.17. The van der Waals surface area contributed by atoms with Gasteiger partial charge in [0.25, 0.3) is 0 Å². The van der Waals surface area contributed by atoms with E-state index in [4.69, 9.17) is 9.73 Å². The van der Waals surface area contributed by atoms with E-state index in [9.17, 15) is 0 Å². The lowest BCUT2D eigenvalue weighted by Gasteiger charge is -2.39. The molecule has 26 heavy (non-hydrogen) atoms. The van der Waals surface area contributed by atoms with Gasteiger partial charge in [0.2, 0.25) is 0 Å². The zero-order chi connectivity index (χ0) is 19.1. The second-order valence-corrected chi connectivity index (χ2v) is 7.75. The molecular formula is C21H38N4O. The number of rotatable bonds is 7. The molecule has 0 saturated carbocycles. The fourth-order valence-corrected chi connectivity index (χ4v) is 4.17. The van der Waals surface area contributed by atoms with E-state index in [1.54, 1.807) is 7.11 Å². The van der Waals surface area contributed by atoms with E-state index in [-0.39, 0.29) is 6.17 Å². The molecule has 5 heteroatoms. The quantitative estimate of drug-likeness (QED) is 0.429. The van der Waals surface area contributed by atoms with Crippen LogP contribution < -0.4 is 5.32 Å². The Morgan fingerprint density at radius 2 is 2.08 bits per heavy atom. The molecule has 2 atom stereocenters. The van der Waals surface area contributed by atoms with E-state index in [0.29, 0.717) is 11.8 Å². The van der Waals surface area contributed by atoms with Crippen molar-refractivity contribution >= 4 is 5.84 Å². The molecule has 0 radical (unpaired) electrons. The van der Waals surface area contributed by atoms with Gasteiger partial charge in [0.05, 0.1) is 12.9 Å². The second kappa shape index (κ2) is 10.1. The maximum absolute atomic E-state index is 5.50. The van der Waals surface area contributed by atoms with E-state index in [0.717, 1.165) is 38.2 Å². The smallest absolute Gasteiger partial charge is 0.103 e. The first-order valence-electron chi connectivity index (χ1n) is 10.1. The molecule has 1 aliphatic carbocycles. The highest BCUT2D eigenvalue weighted by atomic mass is 16.5. The van der Waals surface area contributed by atoms with Gasteiger partial charge in [0.15, 0.2) is 0 Å². The number of ether oxygens (including phenoxy) is 1. The number of nitrogens with one attached hydrogen (secondary N) is 1. The molecule has 1 fully saturated rings. The van der Waals surface area contributed by atoms with Crippen molar-refractivity contribution in [3.63, 3.8) is 0 Å². The van der Waals surface area contributed by atoms with Gasteiger partial charge in [-0.25, -0.2) is 0 Å². The van der Waals surface area contributed by atoms with Crippen LogP contribution >= 0.6 is 0 Å². The zero-order valence-corrected chi connectivity index (χ0v) is 17.6. The summed E-state index contributed by atoms with van der Waals surface area (Å²) in [6.45, 7) is 7.78.